The Kier molecular flexibility index (Phi) is 5.26. The molecule has 0 spiro atoms. The molecule has 0 aliphatic carbocycles. The Morgan fingerprint density at radius 2 is 2.00 bits per heavy atom. The molecule has 0 saturated heterocycles. The van der Waals surface area contributed by atoms with E-state index in [4.69, 9.17) is 0 Å². The minimum Gasteiger partial charge on any atom is -0.334 e. The van der Waals surface area contributed by atoms with Gasteiger partial charge in [0.25, 0.3) is 0 Å². The molecule has 2 heterocycles. The zero-order valence-corrected chi connectivity index (χ0v) is 12.3. The van der Waals surface area contributed by atoms with Gasteiger partial charge in [-0.15, -0.1) is 0 Å². The van der Waals surface area contributed by atoms with Gasteiger partial charge in [0.05, 0.1) is 6.04 Å². The van der Waals surface area contributed by atoms with E-state index >= 15 is 0 Å². The Labute approximate surface area is 124 Å². The van der Waals surface area contributed by atoms with Gasteiger partial charge in [-0.1, -0.05) is 13.0 Å². The maximum Gasteiger partial charge on any atom is 0.315 e. The molecule has 0 aliphatic heterocycles. The Balaban J connectivity index is 1.87. The first-order valence-corrected chi connectivity index (χ1v) is 7.05. The van der Waals surface area contributed by atoms with Crippen LogP contribution in [0.4, 0.5) is 4.79 Å². The Hall–Kier alpha value is -2.43. The van der Waals surface area contributed by atoms with Crippen LogP contribution in [0.2, 0.25) is 0 Å². The number of nitrogens with zero attached hydrogens (tertiary/aromatic N) is 2. The molecule has 2 N–H and O–H groups in total. The molecule has 1 atom stereocenters. The van der Waals surface area contributed by atoms with Crippen LogP contribution in [0.3, 0.4) is 0 Å². The summed E-state index contributed by atoms with van der Waals surface area (Å²) >= 11 is 0. The van der Waals surface area contributed by atoms with Gasteiger partial charge in [-0.3, -0.25) is 9.97 Å². The number of nitrogens with one attached hydrogen (secondary N) is 2. The summed E-state index contributed by atoms with van der Waals surface area (Å²) in [5.74, 6) is 0. The zero-order valence-electron chi connectivity index (χ0n) is 12.3. The second-order valence-corrected chi connectivity index (χ2v) is 4.88. The monoisotopic (exact) mass is 284 g/mol. The maximum atomic E-state index is 12.0. The molecule has 21 heavy (non-hydrogen) atoms. The van der Waals surface area contributed by atoms with Crippen molar-refractivity contribution in [2.75, 3.05) is 0 Å². The van der Waals surface area contributed by atoms with Crippen molar-refractivity contribution in [1.29, 1.82) is 0 Å². The highest BCUT2D eigenvalue weighted by atomic mass is 16.2. The molecule has 0 aliphatic rings. The molecule has 2 rings (SSSR count). The van der Waals surface area contributed by atoms with Crippen molar-refractivity contribution in [1.82, 2.24) is 20.6 Å². The summed E-state index contributed by atoms with van der Waals surface area (Å²) in [7, 11) is 0. The lowest BCUT2D eigenvalue weighted by atomic mass is 10.1. The molecule has 0 saturated carbocycles. The number of hydrogen-bond donors (Lipinski definition) is 2. The van der Waals surface area contributed by atoms with Gasteiger partial charge in [0.1, 0.15) is 0 Å². The van der Waals surface area contributed by atoms with Crippen molar-refractivity contribution in [3.05, 3.63) is 59.7 Å². The second-order valence-electron chi connectivity index (χ2n) is 4.88. The van der Waals surface area contributed by atoms with Crippen molar-refractivity contribution < 1.29 is 4.79 Å². The minimum atomic E-state index is -0.181. The highest BCUT2D eigenvalue weighted by Gasteiger charge is 2.11. The Morgan fingerprint density at radius 3 is 2.62 bits per heavy atom. The van der Waals surface area contributed by atoms with Crippen LogP contribution in [0.5, 0.6) is 0 Å². The van der Waals surface area contributed by atoms with Crippen LogP contribution in [-0.4, -0.2) is 16.0 Å². The average molecular weight is 284 g/mol. The number of urea groups is 1. The van der Waals surface area contributed by atoms with E-state index in [0.29, 0.717) is 6.54 Å². The first-order valence-electron chi connectivity index (χ1n) is 7.05. The smallest absolute Gasteiger partial charge is 0.315 e. The molecule has 5 heteroatoms. The SMILES string of the molecule is CCC(NC(=O)NCc1ccc(C)nc1)c1ccncc1. The lowest BCUT2D eigenvalue weighted by Crippen LogP contribution is -2.37. The largest absolute Gasteiger partial charge is 0.334 e. The topological polar surface area (TPSA) is 66.9 Å². The number of pyridine rings is 2. The van der Waals surface area contributed by atoms with Gasteiger partial charge in [0, 0.05) is 30.8 Å². The van der Waals surface area contributed by atoms with E-state index in [2.05, 4.69) is 20.6 Å². The molecule has 0 radical (unpaired) electrons. The summed E-state index contributed by atoms with van der Waals surface area (Å²) in [6.45, 7) is 4.44. The summed E-state index contributed by atoms with van der Waals surface area (Å²) in [5, 5.41) is 5.81. The lowest BCUT2D eigenvalue weighted by Gasteiger charge is -2.17. The molecule has 110 valence electrons. The fourth-order valence-corrected chi connectivity index (χ4v) is 2.01. The van der Waals surface area contributed by atoms with Gasteiger partial charge in [-0.05, 0) is 42.7 Å². The molecular formula is C16H20N4O. The van der Waals surface area contributed by atoms with Gasteiger partial charge < -0.3 is 10.6 Å². The minimum absolute atomic E-state index is 0.0101. The third kappa shape index (κ3) is 4.56. The summed E-state index contributed by atoms with van der Waals surface area (Å²) in [6, 6.07) is 7.53. The van der Waals surface area contributed by atoms with Gasteiger partial charge in [-0.2, -0.15) is 0 Å². The molecule has 5 nitrogen and oxygen atoms in total. The van der Waals surface area contributed by atoms with Crippen LogP contribution in [0.15, 0.2) is 42.9 Å². The van der Waals surface area contributed by atoms with E-state index < -0.39 is 0 Å². The van der Waals surface area contributed by atoms with Gasteiger partial charge >= 0.3 is 6.03 Å². The highest BCUT2D eigenvalue weighted by molar-refractivity contribution is 5.74. The molecule has 2 amide bonds. The van der Waals surface area contributed by atoms with Crippen molar-refractivity contribution in [2.45, 2.75) is 32.9 Å². The third-order valence-corrected chi connectivity index (χ3v) is 3.25. The van der Waals surface area contributed by atoms with Crippen molar-refractivity contribution in [3.63, 3.8) is 0 Å². The standard InChI is InChI=1S/C16H20N4O/c1-3-15(14-6-8-17-9-7-14)20-16(21)19-11-13-5-4-12(2)18-10-13/h4-10,15H,3,11H2,1-2H3,(H2,19,20,21). The fraction of sp³-hybridized carbons (Fsp3) is 0.312. The molecule has 0 fully saturated rings. The zero-order chi connectivity index (χ0) is 15.1. The predicted molar refractivity (Wildman–Crippen MR) is 81.6 cm³/mol. The second kappa shape index (κ2) is 7.38. The van der Waals surface area contributed by atoms with Gasteiger partial charge in [-0.25, -0.2) is 4.79 Å². The van der Waals surface area contributed by atoms with E-state index in [1.54, 1.807) is 18.6 Å². The summed E-state index contributed by atoms with van der Waals surface area (Å²) in [5.41, 5.74) is 3.00. The molecule has 0 bridgehead atoms. The van der Waals surface area contributed by atoms with Gasteiger partial charge in [0.15, 0.2) is 0 Å². The van der Waals surface area contributed by atoms with Gasteiger partial charge in [0.2, 0.25) is 0 Å². The molecule has 0 aromatic carbocycles. The predicted octanol–water partition coefficient (Wildman–Crippen LogP) is 2.74. The lowest BCUT2D eigenvalue weighted by molar-refractivity contribution is 0.236. The molecule has 1 unspecified atom stereocenters. The quantitative estimate of drug-likeness (QED) is 0.887. The molecule has 2 aromatic heterocycles. The normalized spacial score (nSPS) is 11.7. The van der Waals surface area contributed by atoms with E-state index in [1.807, 2.05) is 38.1 Å². The molecule has 2 aromatic rings. The first kappa shape index (κ1) is 15.0. The third-order valence-electron chi connectivity index (χ3n) is 3.25. The first-order chi connectivity index (χ1) is 10.2. The number of hydrogen-bond acceptors (Lipinski definition) is 3. The van der Waals surface area contributed by atoms with Crippen LogP contribution in [-0.2, 0) is 6.54 Å². The fourth-order valence-electron chi connectivity index (χ4n) is 2.01. The van der Waals surface area contributed by atoms with Crippen LogP contribution in [0.25, 0.3) is 0 Å². The highest BCUT2D eigenvalue weighted by Crippen LogP contribution is 2.14. The van der Waals surface area contributed by atoms with E-state index in [-0.39, 0.29) is 12.1 Å². The number of aryl methyl sites for hydroxylation is 1. The summed E-state index contributed by atoms with van der Waals surface area (Å²) in [4.78, 5) is 20.2. The maximum absolute atomic E-state index is 12.0. The number of carbonyl (C=O) groups excluding carboxylic acids is 1. The average Bonchev–Trinajstić information content (AvgIpc) is 2.53. The van der Waals surface area contributed by atoms with E-state index in [9.17, 15) is 4.79 Å². The Morgan fingerprint density at radius 1 is 1.24 bits per heavy atom. The molecular weight excluding hydrogens is 264 g/mol. The number of aromatic nitrogens is 2. The van der Waals surface area contributed by atoms with Crippen LogP contribution < -0.4 is 10.6 Å². The van der Waals surface area contributed by atoms with Crippen molar-refractivity contribution >= 4 is 6.03 Å². The summed E-state index contributed by atoms with van der Waals surface area (Å²) < 4.78 is 0. The van der Waals surface area contributed by atoms with E-state index in [0.717, 1.165) is 23.2 Å². The van der Waals surface area contributed by atoms with E-state index in [1.165, 1.54) is 0 Å². The summed E-state index contributed by atoms with van der Waals surface area (Å²) in [6.07, 6.45) is 6.06. The van der Waals surface area contributed by atoms with Crippen LogP contribution in [0.1, 0.15) is 36.2 Å². The Bertz CT molecular complexity index is 569. The van der Waals surface area contributed by atoms with Crippen LogP contribution >= 0.6 is 0 Å². The number of carbonyl (C=O) groups is 1. The number of amides is 2. The van der Waals surface area contributed by atoms with Crippen molar-refractivity contribution in [2.24, 2.45) is 0 Å². The number of rotatable bonds is 5. The van der Waals surface area contributed by atoms with Crippen LogP contribution in [0, 0.1) is 6.92 Å². The van der Waals surface area contributed by atoms with Crippen molar-refractivity contribution in [3.8, 4) is 0 Å².